The summed E-state index contributed by atoms with van der Waals surface area (Å²) in [5.74, 6) is 1.60. The lowest BCUT2D eigenvalue weighted by molar-refractivity contribution is 0.318. The van der Waals surface area contributed by atoms with Crippen molar-refractivity contribution in [2.75, 3.05) is 0 Å². The second-order valence-corrected chi connectivity index (χ2v) is 4.71. The smallest absolute Gasteiger partial charge is 0.140 e. The maximum Gasteiger partial charge on any atom is 0.140 e. The first-order valence-electron chi connectivity index (χ1n) is 6.19. The molecule has 0 spiro atoms. The summed E-state index contributed by atoms with van der Waals surface area (Å²) in [6, 6.07) is 5.97. The molecule has 0 unspecified atom stereocenters. The molecule has 2 heteroatoms. The molecule has 1 aromatic heterocycles. The third-order valence-corrected chi connectivity index (χ3v) is 3.80. The zero-order valence-electron chi connectivity index (χ0n) is 9.82. The third-order valence-electron chi connectivity index (χ3n) is 3.80. The number of rotatable bonds is 2. The van der Waals surface area contributed by atoms with Crippen LogP contribution in [0.5, 0.6) is 0 Å². The van der Waals surface area contributed by atoms with E-state index in [1.54, 1.807) is 0 Å². The van der Waals surface area contributed by atoms with Crippen molar-refractivity contribution in [3.8, 4) is 6.07 Å². The highest BCUT2D eigenvalue weighted by Crippen LogP contribution is 2.36. The summed E-state index contributed by atoms with van der Waals surface area (Å²) in [4.78, 5) is 4.15. The predicted molar refractivity (Wildman–Crippen MR) is 63.9 cm³/mol. The van der Waals surface area contributed by atoms with Crippen LogP contribution >= 0.6 is 0 Å². The van der Waals surface area contributed by atoms with Crippen LogP contribution in [0.2, 0.25) is 0 Å². The number of nitriles is 1. The molecule has 0 aliphatic heterocycles. The highest BCUT2D eigenvalue weighted by Gasteiger charge is 2.21. The molecule has 1 aliphatic rings. The molecule has 16 heavy (non-hydrogen) atoms. The lowest BCUT2D eigenvalue weighted by Crippen LogP contribution is -2.12. The molecule has 0 saturated heterocycles. The standard InChI is InChI=1S/C14H18N2/c1-2-11-3-5-12(6-4-11)13-7-8-14(9-15)16-10-13/h7-8,10-12H,2-6H2,1H3. The maximum atomic E-state index is 8.69. The van der Waals surface area contributed by atoms with Crippen LogP contribution in [0, 0.1) is 17.2 Å². The van der Waals surface area contributed by atoms with Crippen molar-refractivity contribution in [2.24, 2.45) is 5.92 Å². The SMILES string of the molecule is CCC1CCC(c2ccc(C#N)nc2)CC1. The fourth-order valence-corrected chi connectivity index (χ4v) is 2.62. The zero-order chi connectivity index (χ0) is 11.4. The molecule has 2 rings (SSSR count). The maximum absolute atomic E-state index is 8.69. The fraction of sp³-hybridized carbons (Fsp3) is 0.571. The largest absolute Gasteiger partial charge is 0.245 e. The van der Waals surface area contributed by atoms with E-state index in [0.717, 1.165) is 5.92 Å². The van der Waals surface area contributed by atoms with Gasteiger partial charge in [0.15, 0.2) is 0 Å². The Kier molecular flexibility index (Phi) is 3.56. The van der Waals surface area contributed by atoms with E-state index in [2.05, 4.69) is 24.0 Å². The molecule has 0 bridgehead atoms. The number of hydrogen-bond acceptors (Lipinski definition) is 2. The quantitative estimate of drug-likeness (QED) is 0.753. The summed E-state index contributed by atoms with van der Waals surface area (Å²) in [5, 5.41) is 8.69. The number of hydrogen-bond donors (Lipinski definition) is 0. The van der Waals surface area contributed by atoms with Crippen molar-refractivity contribution in [1.29, 1.82) is 5.26 Å². The van der Waals surface area contributed by atoms with Crippen LogP contribution in [0.25, 0.3) is 0 Å². The van der Waals surface area contributed by atoms with Crippen molar-refractivity contribution >= 4 is 0 Å². The van der Waals surface area contributed by atoms with Crippen LogP contribution in [0.3, 0.4) is 0 Å². The molecular formula is C14H18N2. The molecule has 1 aromatic rings. The van der Waals surface area contributed by atoms with Crippen molar-refractivity contribution in [3.63, 3.8) is 0 Å². The Labute approximate surface area is 97.3 Å². The summed E-state index contributed by atoms with van der Waals surface area (Å²) >= 11 is 0. The second-order valence-electron chi connectivity index (χ2n) is 4.71. The highest BCUT2D eigenvalue weighted by atomic mass is 14.7. The van der Waals surface area contributed by atoms with E-state index in [1.165, 1.54) is 37.7 Å². The van der Waals surface area contributed by atoms with E-state index < -0.39 is 0 Å². The van der Waals surface area contributed by atoms with Gasteiger partial charge in [0.25, 0.3) is 0 Å². The van der Waals surface area contributed by atoms with Gasteiger partial charge in [0.1, 0.15) is 11.8 Å². The molecule has 1 fully saturated rings. The van der Waals surface area contributed by atoms with E-state index in [0.29, 0.717) is 11.6 Å². The minimum Gasteiger partial charge on any atom is -0.245 e. The van der Waals surface area contributed by atoms with E-state index in [9.17, 15) is 0 Å². The fourth-order valence-electron chi connectivity index (χ4n) is 2.62. The van der Waals surface area contributed by atoms with Gasteiger partial charge in [0, 0.05) is 6.20 Å². The van der Waals surface area contributed by atoms with Crippen molar-refractivity contribution in [1.82, 2.24) is 4.98 Å². The van der Waals surface area contributed by atoms with E-state index in [4.69, 9.17) is 5.26 Å². The summed E-state index contributed by atoms with van der Waals surface area (Å²) in [6.45, 7) is 2.29. The van der Waals surface area contributed by atoms with Gasteiger partial charge >= 0.3 is 0 Å². The van der Waals surface area contributed by atoms with E-state index >= 15 is 0 Å². The van der Waals surface area contributed by atoms with Crippen LogP contribution in [0.15, 0.2) is 18.3 Å². The van der Waals surface area contributed by atoms with Crippen molar-refractivity contribution < 1.29 is 0 Å². The normalized spacial score (nSPS) is 25.0. The molecule has 0 amide bonds. The molecule has 2 nitrogen and oxygen atoms in total. The van der Waals surface area contributed by atoms with Gasteiger partial charge in [-0.25, -0.2) is 4.98 Å². The Bertz CT molecular complexity index is 367. The zero-order valence-corrected chi connectivity index (χ0v) is 9.82. The topological polar surface area (TPSA) is 36.7 Å². The molecule has 0 radical (unpaired) electrons. The molecular weight excluding hydrogens is 196 g/mol. The van der Waals surface area contributed by atoms with Gasteiger partial charge in [-0.1, -0.05) is 19.4 Å². The van der Waals surface area contributed by atoms with E-state index in [-0.39, 0.29) is 0 Å². The van der Waals surface area contributed by atoms with Crippen molar-refractivity contribution in [3.05, 3.63) is 29.6 Å². The van der Waals surface area contributed by atoms with Crippen LogP contribution in [0.4, 0.5) is 0 Å². The van der Waals surface area contributed by atoms with Gasteiger partial charge in [0.05, 0.1) is 0 Å². The van der Waals surface area contributed by atoms with E-state index in [1.807, 2.05) is 12.3 Å². The Morgan fingerprint density at radius 1 is 1.31 bits per heavy atom. The Hall–Kier alpha value is -1.36. The second kappa shape index (κ2) is 5.12. The minimum atomic E-state index is 0.519. The first kappa shape index (κ1) is 11.1. The molecule has 0 N–H and O–H groups in total. The molecule has 1 aliphatic carbocycles. The van der Waals surface area contributed by atoms with Crippen LogP contribution < -0.4 is 0 Å². The first-order valence-corrected chi connectivity index (χ1v) is 6.19. The highest BCUT2D eigenvalue weighted by molar-refractivity contribution is 5.25. The molecule has 1 heterocycles. The van der Waals surface area contributed by atoms with Gasteiger partial charge in [0.2, 0.25) is 0 Å². The molecule has 1 saturated carbocycles. The monoisotopic (exact) mass is 214 g/mol. The average molecular weight is 214 g/mol. The predicted octanol–water partition coefficient (Wildman–Crippen LogP) is 3.64. The third kappa shape index (κ3) is 2.41. The number of nitrogens with zero attached hydrogens (tertiary/aromatic N) is 2. The summed E-state index contributed by atoms with van der Waals surface area (Å²) in [5.41, 5.74) is 1.83. The van der Waals surface area contributed by atoms with Gasteiger partial charge in [-0.05, 0) is 49.1 Å². The number of pyridine rings is 1. The molecule has 0 aromatic carbocycles. The Morgan fingerprint density at radius 2 is 2.06 bits per heavy atom. The Balaban J connectivity index is 2.00. The lowest BCUT2D eigenvalue weighted by atomic mass is 9.78. The van der Waals surface area contributed by atoms with Gasteiger partial charge < -0.3 is 0 Å². The van der Waals surface area contributed by atoms with Gasteiger partial charge in [-0.3, -0.25) is 0 Å². The van der Waals surface area contributed by atoms with Crippen LogP contribution in [-0.2, 0) is 0 Å². The van der Waals surface area contributed by atoms with Crippen LogP contribution in [-0.4, -0.2) is 4.98 Å². The Morgan fingerprint density at radius 3 is 2.56 bits per heavy atom. The van der Waals surface area contributed by atoms with Gasteiger partial charge in [-0.2, -0.15) is 5.26 Å². The molecule has 84 valence electrons. The minimum absolute atomic E-state index is 0.519. The first-order chi connectivity index (χ1) is 7.83. The molecule has 0 atom stereocenters. The van der Waals surface area contributed by atoms with Crippen molar-refractivity contribution in [2.45, 2.75) is 44.9 Å². The summed E-state index contributed by atoms with van der Waals surface area (Å²) in [7, 11) is 0. The summed E-state index contributed by atoms with van der Waals surface area (Å²) < 4.78 is 0. The number of aromatic nitrogens is 1. The average Bonchev–Trinajstić information content (AvgIpc) is 2.39. The van der Waals surface area contributed by atoms with Gasteiger partial charge in [-0.15, -0.1) is 0 Å². The lowest BCUT2D eigenvalue weighted by Gasteiger charge is -2.27. The summed E-state index contributed by atoms with van der Waals surface area (Å²) in [6.07, 6.45) is 8.47. The van der Waals surface area contributed by atoms with Crippen LogP contribution in [0.1, 0.15) is 56.2 Å².